The van der Waals surface area contributed by atoms with E-state index in [2.05, 4.69) is 20.4 Å². The first kappa shape index (κ1) is 19.3. The largest absolute Gasteiger partial charge is 0.356 e. The summed E-state index contributed by atoms with van der Waals surface area (Å²) in [4.78, 5) is 21.7. The van der Waals surface area contributed by atoms with Crippen LogP contribution in [0.1, 0.15) is 29.8 Å². The van der Waals surface area contributed by atoms with E-state index in [-0.39, 0.29) is 11.7 Å². The summed E-state index contributed by atoms with van der Waals surface area (Å²) in [7, 11) is 0. The lowest BCUT2D eigenvalue weighted by Gasteiger charge is -2.10. The average Bonchev–Trinajstić information content (AvgIpc) is 3.11. The van der Waals surface area contributed by atoms with Crippen molar-refractivity contribution in [2.24, 2.45) is 0 Å². The number of benzene rings is 1. The third-order valence-electron chi connectivity index (χ3n) is 4.32. The Balaban J connectivity index is 1.40. The molecule has 0 saturated heterocycles. The fourth-order valence-corrected chi connectivity index (χ4v) is 3.72. The third kappa shape index (κ3) is 5.03. The molecule has 27 heavy (non-hydrogen) atoms. The highest BCUT2D eigenvalue weighted by Gasteiger charge is 2.12. The van der Waals surface area contributed by atoms with Crippen LogP contribution in [0, 0.1) is 19.7 Å². The van der Waals surface area contributed by atoms with Crippen molar-refractivity contribution in [3.63, 3.8) is 0 Å². The van der Waals surface area contributed by atoms with Crippen molar-refractivity contribution < 1.29 is 9.18 Å². The Hall–Kier alpha value is -2.48. The van der Waals surface area contributed by atoms with Crippen LogP contribution in [0.4, 0.5) is 4.39 Å². The van der Waals surface area contributed by atoms with Gasteiger partial charge in [0.1, 0.15) is 12.1 Å². The van der Waals surface area contributed by atoms with Crippen molar-refractivity contribution in [3.8, 4) is 0 Å². The maximum absolute atomic E-state index is 12.9. The average molecular weight is 387 g/mol. The Morgan fingerprint density at radius 3 is 2.81 bits per heavy atom. The van der Waals surface area contributed by atoms with Gasteiger partial charge in [-0.2, -0.15) is 10.1 Å². The van der Waals surface area contributed by atoms with Crippen LogP contribution >= 0.6 is 11.8 Å². The molecule has 0 unspecified atom stereocenters. The van der Waals surface area contributed by atoms with Crippen molar-refractivity contribution in [2.75, 3.05) is 12.3 Å². The second-order valence-electron chi connectivity index (χ2n) is 6.24. The number of carbonyl (C=O) groups excluding carboxylic acids is 1. The number of halogens is 1. The molecule has 6 nitrogen and oxygen atoms in total. The van der Waals surface area contributed by atoms with Gasteiger partial charge in [-0.1, -0.05) is 0 Å². The number of hydrogen-bond acceptors (Lipinski definition) is 5. The van der Waals surface area contributed by atoms with Crippen LogP contribution in [0.5, 0.6) is 0 Å². The highest BCUT2D eigenvalue weighted by Crippen LogP contribution is 2.18. The van der Waals surface area contributed by atoms with Gasteiger partial charge in [0.15, 0.2) is 0 Å². The summed E-state index contributed by atoms with van der Waals surface area (Å²) in [5.41, 5.74) is 2.89. The summed E-state index contributed by atoms with van der Waals surface area (Å²) in [6, 6.07) is 6.45. The predicted molar refractivity (Wildman–Crippen MR) is 103 cm³/mol. The van der Waals surface area contributed by atoms with Crippen molar-refractivity contribution >= 4 is 23.4 Å². The highest BCUT2D eigenvalue weighted by atomic mass is 32.2. The normalized spacial score (nSPS) is 11.1. The van der Waals surface area contributed by atoms with Gasteiger partial charge in [-0.3, -0.25) is 4.79 Å². The lowest BCUT2D eigenvalue weighted by molar-refractivity contribution is -0.121. The van der Waals surface area contributed by atoms with Gasteiger partial charge in [-0.05, 0) is 62.3 Å². The van der Waals surface area contributed by atoms with Crippen LogP contribution in [-0.4, -0.2) is 37.8 Å². The molecule has 2 aromatic heterocycles. The lowest BCUT2D eigenvalue weighted by atomic mass is 10.1. The zero-order valence-electron chi connectivity index (χ0n) is 15.4. The fourth-order valence-electron chi connectivity index (χ4n) is 2.86. The number of carbonyl (C=O) groups is 1. The molecule has 0 aliphatic heterocycles. The molecule has 8 heteroatoms. The first-order chi connectivity index (χ1) is 13.0. The Morgan fingerprint density at radius 2 is 2.04 bits per heavy atom. The first-order valence-corrected chi connectivity index (χ1v) is 9.84. The molecule has 0 aliphatic rings. The molecule has 3 aromatic rings. The van der Waals surface area contributed by atoms with Crippen LogP contribution in [0.25, 0.3) is 5.78 Å². The minimum absolute atomic E-state index is 0.0271. The summed E-state index contributed by atoms with van der Waals surface area (Å²) in [5, 5.41) is 7.12. The standard InChI is InChI=1S/C19H22FN5OS/c1-13-17(14(2)25-19(24-13)22-12-23-25)8-9-18(26)21-10-3-11-27-16-6-4-15(20)5-7-16/h4-7,12H,3,8-11H2,1-2H3,(H,21,26). The summed E-state index contributed by atoms with van der Waals surface area (Å²) in [6.07, 6.45) is 3.37. The summed E-state index contributed by atoms with van der Waals surface area (Å²) in [5.74, 6) is 1.25. The van der Waals surface area contributed by atoms with E-state index < -0.39 is 0 Å². The lowest BCUT2D eigenvalue weighted by Crippen LogP contribution is -2.25. The van der Waals surface area contributed by atoms with Gasteiger partial charge in [0.2, 0.25) is 5.91 Å². The van der Waals surface area contributed by atoms with Crippen molar-refractivity contribution in [1.29, 1.82) is 0 Å². The first-order valence-electron chi connectivity index (χ1n) is 8.85. The minimum Gasteiger partial charge on any atom is -0.356 e. The van der Waals surface area contributed by atoms with E-state index in [0.29, 0.717) is 25.2 Å². The number of aromatic nitrogens is 4. The summed E-state index contributed by atoms with van der Waals surface area (Å²) in [6.45, 7) is 4.53. The molecule has 1 amide bonds. The van der Waals surface area contributed by atoms with Crippen molar-refractivity contribution in [1.82, 2.24) is 24.9 Å². The Labute approximate surface area is 161 Å². The third-order valence-corrected chi connectivity index (χ3v) is 5.41. The second-order valence-corrected chi connectivity index (χ2v) is 7.41. The molecule has 0 atom stereocenters. The Morgan fingerprint density at radius 1 is 1.26 bits per heavy atom. The molecular weight excluding hydrogens is 365 g/mol. The van der Waals surface area contributed by atoms with E-state index in [0.717, 1.165) is 34.0 Å². The van der Waals surface area contributed by atoms with Crippen LogP contribution in [0.3, 0.4) is 0 Å². The highest BCUT2D eigenvalue weighted by molar-refractivity contribution is 7.99. The molecule has 0 fully saturated rings. The number of rotatable bonds is 8. The molecule has 0 bridgehead atoms. The van der Waals surface area contributed by atoms with Gasteiger partial charge >= 0.3 is 0 Å². The number of amides is 1. The molecule has 1 N–H and O–H groups in total. The molecule has 0 aliphatic carbocycles. The monoisotopic (exact) mass is 387 g/mol. The zero-order chi connectivity index (χ0) is 19.2. The van der Waals surface area contributed by atoms with Gasteiger partial charge in [0.25, 0.3) is 5.78 Å². The molecular formula is C19H22FN5OS. The second kappa shape index (κ2) is 8.94. The van der Waals surface area contributed by atoms with E-state index in [4.69, 9.17) is 0 Å². The van der Waals surface area contributed by atoms with E-state index >= 15 is 0 Å². The van der Waals surface area contributed by atoms with Crippen molar-refractivity contribution in [2.45, 2.75) is 38.0 Å². The van der Waals surface area contributed by atoms with E-state index in [1.807, 2.05) is 13.8 Å². The number of aryl methyl sites for hydroxylation is 2. The van der Waals surface area contributed by atoms with E-state index in [1.165, 1.54) is 18.5 Å². The van der Waals surface area contributed by atoms with Gasteiger partial charge in [0, 0.05) is 29.2 Å². The van der Waals surface area contributed by atoms with E-state index in [9.17, 15) is 9.18 Å². The maximum Gasteiger partial charge on any atom is 0.252 e. The molecule has 0 spiro atoms. The molecule has 0 saturated carbocycles. The predicted octanol–water partition coefficient (Wildman–Crippen LogP) is 3.11. The topological polar surface area (TPSA) is 72.2 Å². The SMILES string of the molecule is Cc1nc2ncnn2c(C)c1CCC(=O)NCCCSc1ccc(F)cc1. The molecule has 142 valence electrons. The Bertz CT molecular complexity index is 926. The van der Waals surface area contributed by atoms with Crippen LogP contribution in [0.15, 0.2) is 35.5 Å². The van der Waals surface area contributed by atoms with Gasteiger partial charge in [0.05, 0.1) is 0 Å². The van der Waals surface area contributed by atoms with E-state index in [1.54, 1.807) is 28.4 Å². The molecule has 0 radical (unpaired) electrons. The van der Waals surface area contributed by atoms with Crippen LogP contribution in [-0.2, 0) is 11.2 Å². The molecule has 1 aromatic carbocycles. The summed E-state index contributed by atoms with van der Waals surface area (Å²) < 4.78 is 14.6. The fraction of sp³-hybridized carbons (Fsp3) is 0.368. The summed E-state index contributed by atoms with van der Waals surface area (Å²) >= 11 is 1.66. The van der Waals surface area contributed by atoms with Gasteiger partial charge in [-0.15, -0.1) is 11.8 Å². The quantitative estimate of drug-likeness (QED) is 0.475. The van der Waals surface area contributed by atoms with Crippen LogP contribution < -0.4 is 5.32 Å². The number of nitrogens with one attached hydrogen (secondary N) is 1. The zero-order valence-corrected chi connectivity index (χ0v) is 16.2. The van der Waals surface area contributed by atoms with Crippen LogP contribution in [0.2, 0.25) is 0 Å². The number of fused-ring (bicyclic) bond motifs is 1. The Kier molecular flexibility index (Phi) is 6.39. The molecule has 2 heterocycles. The van der Waals surface area contributed by atoms with Crippen molar-refractivity contribution in [3.05, 3.63) is 53.4 Å². The maximum atomic E-state index is 12.9. The van der Waals surface area contributed by atoms with Gasteiger partial charge < -0.3 is 5.32 Å². The van der Waals surface area contributed by atoms with Gasteiger partial charge in [-0.25, -0.2) is 13.9 Å². The number of thioether (sulfide) groups is 1. The smallest absolute Gasteiger partial charge is 0.252 e. The number of nitrogens with zero attached hydrogens (tertiary/aromatic N) is 4. The minimum atomic E-state index is -0.227. The number of hydrogen-bond donors (Lipinski definition) is 1. The molecule has 3 rings (SSSR count).